The molecule has 0 saturated carbocycles. The Morgan fingerprint density at radius 2 is 2.00 bits per heavy atom. The van der Waals surface area contributed by atoms with Crippen LogP contribution < -0.4 is 5.32 Å². The largest absolute Gasteiger partial charge is 0.385 e. The van der Waals surface area contributed by atoms with Gasteiger partial charge in [-0.3, -0.25) is 4.79 Å². The molecule has 1 aromatic rings. The molecule has 6 nitrogen and oxygen atoms in total. The first-order valence-corrected chi connectivity index (χ1v) is 10.3. The Labute approximate surface area is 158 Å². The van der Waals surface area contributed by atoms with Gasteiger partial charge in [-0.2, -0.15) is 4.31 Å². The first-order chi connectivity index (χ1) is 11.9. The number of rotatable bonds is 7. The topological polar surface area (TPSA) is 75.7 Å². The first kappa shape index (κ1) is 20.5. The third-order valence-corrected chi connectivity index (χ3v) is 6.78. The lowest BCUT2D eigenvalue weighted by Crippen LogP contribution is -2.43. The van der Waals surface area contributed by atoms with Crippen molar-refractivity contribution in [3.63, 3.8) is 0 Å². The van der Waals surface area contributed by atoms with Gasteiger partial charge in [0.25, 0.3) is 0 Å². The maximum Gasteiger partial charge on any atom is 0.244 e. The number of carbonyl (C=O) groups excluding carboxylic acids is 1. The standard InChI is InChI=1S/C16H22Cl2N2O4S/c1-24-10-2-7-19-16(21)12-5-8-20(9-6-12)25(22,23)15-11-13(17)3-4-14(15)18/h3-4,11-12H,2,5-10H2,1H3,(H,19,21). The van der Waals surface area contributed by atoms with Crippen LogP contribution in [0.3, 0.4) is 0 Å². The van der Waals surface area contributed by atoms with E-state index in [9.17, 15) is 13.2 Å². The molecular formula is C16H22Cl2N2O4S. The van der Waals surface area contributed by atoms with Crippen molar-refractivity contribution in [2.75, 3.05) is 33.4 Å². The van der Waals surface area contributed by atoms with Crippen molar-refractivity contribution >= 4 is 39.1 Å². The number of carbonyl (C=O) groups is 1. The quantitative estimate of drug-likeness (QED) is 0.703. The van der Waals surface area contributed by atoms with E-state index in [2.05, 4.69) is 5.32 Å². The number of nitrogens with one attached hydrogen (secondary N) is 1. The number of amides is 1. The minimum atomic E-state index is -3.72. The van der Waals surface area contributed by atoms with Crippen molar-refractivity contribution in [1.29, 1.82) is 0 Å². The second-order valence-electron chi connectivity index (χ2n) is 5.89. The molecule has 1 aliphatic rings. The third-order valence-electron chi connectivity index (χ3n) is 4.16. The van der Waals surface area contributed by atoms with Crippen molar-refractivity contribution in [1.82, 2.24) is 9.62 Å². The molecule has 1 saturated heterocycles. The van der Waals surface area contributed by atoms with Gasteiger partial charge in [-0.05, 0) is 37.5 Å². The molecule has 1 fully saturated rings. The summed E-state index contributed by atoms with van der Waals surface area (Å²) >= 11 is 11.9. The van der Waals surface area contributed by atoms with Crippen molar-refractivity contribution < 1.29 is 17.9 Å². The van der Waals surface area contributed by atoms with Gasteiger partial charge in [0.2, 0.25) is 15.9 Å². The molecule has 140 valence electrons. The van der Waals surface area contributed by atoms with Crippen molar-refractivity contribution in [2.45, 2.75) is 24.2 Å². The van der Waals surface area contributed by atoms with Gasteiger partial charge >= 0.3 is 0 Å². The maximum atomic E-state index is 12.7. The van der Waals surface area contributed by atoms with Gasteiger partial charge in [0.1, 0.15) is 4.90 Å². The Kier molecular flexibility index (Phi) is 7.51. The summed E-state index contributed by atoms with van der Waals surface area (Å²) in [7, 11) is -2.10. The van der Waals surface area contributed by atoms with E-state index in [0.717, 1.165) is 6.42 Å². The molecule has 9 heteroatoms. The number of ether oxygens (including phenoxy) is 1. The number of methoxy groups -OCH3 is 1. The van der Waals surface area contributed by atoms with Gasteiger partial charge in [-0.25, -0.2) is 8.42 Å². The fourth-order valence-electron chi connectivity index (χ4n) is 2.74. The first-order valence-electron chi connectivity index (χ1n) is 8.08. The molecule has 0 bridgehead atoms. The molecule has 0 aliphatic carbocycles. The van der Waals surface area contributed by atoms with Crippen LogP contribution >= 0.6 is 23.2 Å². The number of halogens is 2. The summed E-state index contributed by atoms with van der Waals surface area (Å²) in [4.78, 5) is 12.1. The Morgan fingerprint density at radius 1 is 1.32 bits per heavy atom. The summed E-state index contributed by atoms with van der Waals surface area (Å²) in [5.41, 5.74) is 0. The van der Waals surface area contributed by atoms with Crippen molar-refractivity contribution in [3.8, 4) is 0 Å². The van der Waals surface area contributed by atoms with E-state index >= 15 is 0 Å². The lowest BCUT2D eigenvalue weighted by molar-refractivity contribution is -0.126. The highest BCUT2D eigenvalue weighted by molar-refractivity contribution is 7.89. The highest BCUT2D eigenvalue weighted by atomic mass is 35.5. The number of piperidine rings is 1. The number of nitrogens with zero attached hydrogens (tertiary/aromatic N) is 1. The third kappa shape index (κ3) is 5.31. The summed E-state index contributed by atoms with van der Waals surface area (Å²) in [6.45, 7) is 1.71. The Bertz CT molecular complexity index is 704. The summed E-state index contributed by atoms with van der Waals surface area (Å²) in [6, 6.07) is 4.37. The van der Waals surface area contributed by atoms with E-state index in [1.165, 1.54) is 16.4 Å². The molecule has 1 heterocycles. The summed E-state index contributed by atoms with van der Waals surface area (Å²) in [5.74, 6) is -0.210. The molecule has 1 aliphatic heterocycles. The molecule has 1 aromatic carbocycles. The zero-order chi connectivity index (χ0) is 18.4. The van der Waals surface area contributed by atoms with Gasteiger partial charge < -0.3 is 10.1 Å². The van der Waals surface area contributed by atoms with Crippen LogP contribution in [-0.4, -0.2) is 52.0 Å². The second-order valence-corrected chi connectivity index (χ2v) is 8.64. The van der Waals surface area contributed by atoms with Crippen molar-refractivity contribution in [3.05, 3.63) is 28.2 Å². The van der Waals surface area contributed by atoms with Crippen LogP contribution in [0.4, 0.5) is 0 Å². The fourth-order valence-corrected chi connectivity index (χ4v) is 4.95. The predicted octanol–water partition coefficient (Wildman–Crippen LogP) is 2.55. The molecular weight excluding hydrogens is 387 g/mol. The number of hydrogen-bond donors (Lipinski definition) is 1. The number of hydrogen-bond acceptors (Lipinski definition) is 4. The summed E-state index contributed by atoms with van der Waals surface area (Å²) in [5, 5.41) is 3.32. The lowest BCUT2D eigenvalue weighted by Gasteiger charge is -2.30. The summed E-state index contributed by atoms with van der Waals surface area (Å²) < 4.78 is 31.8. The lowest BCUT2D eigenvalue weighted by atomic mass is 9.97. The van der Waals surface area contributed by atoms with Crippen LogP contribution in [0.2, 0.25) is 10.0 Å². The van der Waals surface area contributed by atoms with Gasteiger partial charge in [0.15, 0.2) is 0 Å². The molecule has 2 rings (SSSR count). The predicted molar refractivity (Wildman–Crippen MR) is 97.4 cm³/mol. The zero-order valence-electron chi connectivity index (χ0n) is 14.0. The normalized spacial score (nSPS) is 16.8. The molecule has 1 amide bonds. The number of benzene rings is 1. The molecule has 0 unspecified atom stereocenters. The molecule has 25 heavy (non-hydrogen) atoms. The van der Waals surface area contributed by atoms with E-state index in [-0.39, 0.29) is 34.8 Å². The minimum Gasteiger partial charge on any atom is -0.385 e. The average Bonchev–Trinajstić information content (AvgIpc) is 2.60. The smallest absolute Gasteiger partial charge is 0.244 e. The summed E-state index contributed by atoms with van der Waals surface area (Å²) in [6.07, 6.45) is 1.71. The van der Waals surface area contributed by atoms with Gasteiger partial charge in [-0.1, -0.05) is 23.2 Å². The van der Waals surface area contributed by atoms with Crippen LogP contribution in [0.25, 0.3) is 0 Å². The highest BCUT2D eigenvalue weighted by Gasteiger charge is 2.33. The van der Waals surface area contributed by atoms with Gasteiger partial charge in [-0.15, -0.1) is 0 Å². The SMILES string of the molecule is COCCCNC(=O)C1CCN(S(=O)(=O)c2cc(Cl)ccc2Cl)CC1. The fraction of sp³-hybridized carbons (Fsp3) is 0.562. The second kappa shape index (κ2) is 9.19. The number of sulfonamides is 1. The van der Waals surface area contributed by atoms with Crippen LogP contribution in [0.5, 0.6) is 0 Å². The van der Waals surface area contributed by atoms with E-state index in [0.29, 0.717) is 31.0 Å². The zero-order valence-corrected chi connectivity index (χ0v) is 16.3. The van der Waals surface area contributed by atoms with E-state index in [1.807, 2.05) is 0 Å². The van der Waals surface area contributed by atoms with Crippen LogP contribution in [0.15, 0.2) is 23.1 Å². The van der Waals surface area contributed by atoms with E-state index in [4.69, 9.17) is 27.9 Å². The van der Waals surface area contributed by atoms with Gasteiger partial charge in [0.05, 0.1) is 5.02 Å². The maximum absolute atomic E-state index is 12.7. The van der Waals surface area contributed by atoms with Crippen LogP contribution in [0.1, 0.15) is 19.3 Å². The van der Waals surface area contributed by atoms with E-state index in [1.54, 1.807) is 13.2 Å². The van der Waals surface area contributed by atoms with Crippen LogP contribution in [0, 0.1) is 5.92 Å². The Hall–Kier alpha value is -0.860. The van der Waals surface area contributed by atoms with Crippen molar-refractivity contribution in [2.24, 2.45) is 5.92 Å². The monoisotopic (exact) mass is 408 g/mol. The molecule has 0 aromatic heterocycles. The molecule has 1 N–H and O–H groups in total. The highest BCUT2D eigenvalue weighted by Crippen LogP contribution is 2.30. The minimum absolute atomic E-state index is 0.00383. The van der Waals surface area contributed by atoms with E-state index < -0.39 is 10.0 Å². The molecule has 0 spiro atoms. The Balaban J connectivity index is 1.95. The van der Waals surface area contributed by atoms with Gasteiger partial charge in [0, 0.05) is 44.3 Å². The Morgan fingerprint density at radius 3 is 2.64 bits per heavy atom. The molecule has 0 atom stereocenters. The average molecular weight is 409 g/mol. The van der Waals surface area contributed by atoms with Crippen LogP contribution in [-0.2, 0) is 19.6 Å². The molecule has 0 radical (unpaired) electrons.